The van der Waals surface area contributed by atoms with Gasteiger partial charge in [-0.3, -0.25) is 0 Å². The zero-order valence-corrected chi connectivity index (χ0v) is 17.1. The van der Waals surface area contributed by atoms with E-state index in [1.807, 2.05) is 91.3 Å². The molecule has 1 aromatic heterocycles. The number of aromatic nitrogens is 2. The van der Waals surface area contributed by atoms with E-state index in [9.17, 15) is 0 Å². The molecule has 0 amide bonds. The summed E-state index contributed by atoms with van der Waals surface area (Å²) in [4.78, 5) is 4.55. The molecule has 1 heterocycles. The van der Waals surface area contributed by atoms with Crippen LogP contribution in [0.1, 0.15) is 18.1 Å². The number of aryl methyl sites for hydroxylation is 1. The monoisotopic (exact) mass is 400 g/mol. The minimum atomic E-state index is 0.489. The lowest BCUT2D eigenvalue weighted by molar-refractivity contribution is 0.269. The van der Waals surface area contributed by atoms with E-state index in [4.69, 9.17) is 9.47 Å². The van der Waals surface area contributed by atoms with E-state index in [2.05, 4.69) is 15.5 Å². The maximum atomic E-state index is 5.96. The summed E-state index contributed by atoms with van der Waals surface area (Å²) >= 11 is 0. The first-order valence-electron chi connectivity index (χ1n) is 9.88. The zero-order chi connectivity index (χ0) is 20.8. The molecule has 0 aliphatic carbocycles. The number of hydrogen-bond acceptors (Lipinski definition) is 5. The molecule has 0 atom stereocenters. The average Bonchev–Trinajstić information content (AvgIpc) is 3.10. The summed E-state index contributed by atoms with van der Waals surface area (Å²) in [7, 11) is 1.96. The number of hydrazone groups is 1. The molecular weight excluding hydrogens is 376 g/mol. The van der Waals surface area contributed by atoms with Gasteiger partial charge in [0.05, 0.1) is 23.9 Å². The van der Waals surface area contributed by atoms with Crippen molar-refractivity contribution in [1.29, 1.82) is 0 Å². The van der Waals surface area contributed by atoms with Gasteiger partial charge in [0.25, 0.3) is 0 Å². The molecule has 6 nitrogen and oxygen atoms in total. The number of fused-ring (bicyclic) bond motifs is 1. The lowest BCUT2D eigenvalue weighted by Crippen LogP contribution is -2.01. The molecule has 0 saturated heterocycles. The van der Waals surface area contributed by atoms with E-state index in [1.165, 1.54) is 0 Å². The van der Waals surface area contributed by atoms with Gasteiger partial charge in [-0.05, 0) is 48.4 Å². The highest BCUT2D eigenvalue weighted by molar-refractivity contribution is 5.82. The molecule has 0 unspecified atom stereocenters. The molecule has 30 heavy (non-hydrogen) atoms. The van der Waals surface area contributed by atoms with Gasteiger partial charge in [0.2, 0.25) is 5.95 Å². The third-order valence-corrected chi connectivity index (χ3v) is 4.67. The van der Waals surface area contributed by atoms with E-state index in [0.29, 0.717) is 30.7 Å². The maximum Gasteiger partial charge on any atom is 0.224 e. The molecule has 0 saturated carbocycles. The third kappa shape index (κ3) is 4.43. The van der Waals surface area contributed by atoms with Gasteiger partial charge in [-0.25, -0.2) is 10.4 Å². The zero-order valence-electron chi connectivity index (χ0n) is 17.1. The van der Waals surface area contributed by atoms with Crippen molar-refractivity contribution in [2.45, 2.75) is 13.5 Å². The molecule has 4 aromatic rings. The lowest BCUT2D eigenvalue weighted by atomic mass is 10.2. The van der Waals surface area contributed by atoms with Crippen LogP contribution in [0.25, 0.3) is 11.0 Å². The molecule has 4 rings (SSSR count). The average molecular weight is 400 g/mol. The summed E-state index contributed by atoms with van der Waals surface area (Å²) in [6.45, 7) is 3.00. The van der Waals surface area contributed by atoms with Gasteiger partial charge in [0.1, 0.15) is 6.61 Å². The Kier molecular flexibility index (Phi) is 5.94. The number of nitrogens with one attached hydrogen (secondary N) is 1. The van der Waals surface area contributed by atoms with Crippen LogP contribution in [0, 0.1) is 0 Å². The van der Waals surface area contributed by atoms with Crippen molar-refractivity contribution in [3.05, 3.63) is 83.9 Å². The van der Waals surface area contributed by atoms with Crippen LogP contribution in [-0.2, 0) is 13.7 Å². The van der Waals surface area contributed by atoms with Gasteiger partial charge in [0.15, 0.2) is 11.5 Å². The molecule has 0 fully saturated rings. The molecule has 0 radical (unpaired) electrons. The molecule has 0 aliphatic heterocycles. The second-order valence-corrected chi connectivity index (χ2v) is 6.77. The molecule has 3 aromatic carbocycles. The van der Waals surface area contributed by atoms with Crippen LogP contribution in [0.15, 0.2) is 77.9 Å². The smallest absolute Gasteiger partial charge is 0.224 e. The van der Waals surface area contributed by atoms with E-state index in [-0.39, 0.29) is 0 Å². The second kappa shape index (κ2) is 9.13. The Morgan fingerprint density at radius 2 is 1.77 bits per heavy atom. The number of imidazole rings is 1. The van der Waals surface area contributed by atoms with Crippen LogP contribution in [-0.4, -0.2) is 22.4 Å². The van der Waals surface area contributed by atoms with Crippen molar-refractivity contribution in [1.82, 2.24) is 9.55 Å². The summed E-state index contributed by atoms with van der Waals surface area (Å²) < 4.78 is 13.7. The lowest BCUT2D eigenvalue weighted by Gasteiger charge is -2.12. The Bertz CT molecular complexity index is 1150. The van der Waals surface area contributed by atoms with E-state index in [1.54, 1.807) is 6.21 Å². The van der Waals surface area contributed by atoms with Crippen molar-refractivity contribution >= 4 is 23.2 Å². The minimum absolute atomic E-state index is 0.489. The first-order chi connectivity index (χ1) is 14.7. The second-order valence-electron chi connectivity index (χ2n) is 6.77. The van der Waals surface area contributed by atoms with Gasteiger partial charge in [-0.15, -0.1) is 0 Å². The number of nitrogens with zero attached hydrogens (tertiary/aromatic N) is 3. The minimum Gasteiger partial charge on any atom is -0.490 e. The predicted octanol–water partition coefficient (Wildman–Crippen LogP) is 5.00. The van der Waals surface area contributed by atoms with Crippen LogP contribution < -0.4 is 14.9 Å². The van der Waals surface area contributed by atoms with E-state index >= 15 is 0 Å². The topological polar surface area (TPSA) is 60.7 Å². The van der Waals surface area contributed by atoms with Crippen molar-refractivity contribution in [3.63, 3.8) is 0 Å². The Morgan fingerprint density at radius 3 is 2.57 bits per heavy atom. The standard InChI is InChI=1S/C24H24N4O2/c1-3-29-23-15-19(13-14-22(23)30-17-18-9-5-4-6-10-18)16-25-27-24-26-20-11-7-8-12-21(20)28(24)2/h4-16H,3,17H2,1-2H3,(H,26,27)/b25-16-. The first kappa shape index (κ1) is 19.5. The number of ether oxygens (including phenoxy) is 2. The van der Waals surface area contributed by atoms with E-state index < -0.39 is 0 Å². The summed E-state index contributed by atoms with van der Waals surface area (Å²) in [5.41, 5.74) is 7.00. The molecule has 6 heteroatoms. The van der Waals surface area contributed by atoms with E-state index in [0.717, 1.165) is 22.2 Å². The molecular formula is C24H24N4O2. The highest BCUT2D eigenvalue weighted by atomic mass is 16.5. The van der Waals surface area contributed by atoms with Crippen molar-refractivity contribution < 1.29 is 9.47 Å². The maximum absolute atomic E-state index is 5.96. The van der Waals surface area contributed by atoms with Gasteiger partial charge in [-0.2, -0.15) is 5.10 Å². The van der Waals surface area contributed by atoms with Crippen molar-refractivity contribution in [3.8, 4) is 11.5 Å². The number of hydrogen-bond donors (Lipinski definition) is 1. The third-order valence-electron chi connectivity index (χ3n) is 4.67. The number of rotatable bonds is 8. The van der Waals surface area contributed by atoms with Crippen LogP contribution in [0.3, 0.4) is 0 Å². The van der Waals surface area contributed by atoms with Gasteiger partial charge in [-0.1, -0.05) is 42.5 Å². The fourth-order valence-electron chi connectivity index (χ4n) is 3.14. The SMILES string of the molecule is CCOc1cc(/C=N\Nc2nc3ccccc3n2C)ccc1OCc1ccccc1. The van der Waals surface area contributed by atoms with Crippen LogP contribution in [0.5, 0.6) is 11.5 Å². The number of para-hydroxylation sites is 2. The molecule has 0 aliphatic rings. The highest BCUT2D eigenvalue weighted by Gasteiger charge is 2.08. The highest BCUT2D eigenvalue weighted by Crippen LogP contribution is 2.29. The van der Waals surface area contributed by atoms with Crippen molar-refractivity contribution in [2.75, 3.05) is 12.0 Å². The number of anilines is 1. The van der Waals surface area contributed by atoms with Crippen LogP contribution in [0.2, 0.25) is 0 Å². The summed E-state index contributed by atoms with van der Waals surface area (Å²) in [5.74, 6) is 2.08. The Morgan fingerprint density at radius 1 is 0.967 bits per heavy atom. The number of benzene rings is 3. The van der Waals surface area contributed by atoms with Gasteiger partial charge in [0, 0.05) is 7.05 Å². The van der Waals surface area contributed by atoms with Gasteiger partial charge >= 0.3 is 0 Å². The van der Waals surface area contributed by atoms with Crippen LogP contribution >= 0.6 is 0 Å². The van der Waals surface area contributed by atoms with Gasteiger partial charge < -0.3 is 14.0 Å². The normalized spacial score (nSPS) is 11.1. The molecule has 1 N–H and O–H groups in total. The largest absolute Gasteiger partial charge is 0.490 e. The predicted molar refractivity (Wildman–Crippen MR) is 120 cm³/mol. The fraction of sp³-hybridized carbons (Fsp3) is 0.167. The first-order valence-corrected chi connectivity index (χ1v) is 9.88. The van der Waals surface area contributed by atoms with Crippen LogP contribution in [0.4, 0.5) is 5.95 Å². The molecule has 0 bridgehead atoms. The fourth-order valence-corrected chi connectivity index (χ4v) is 3.14. The Labute approximate surface area is 175 Å². The molecule has 0 spiro atoms. The Hall–Kier alpha value is -3.80. The summed E-state index contributed by atoms with van der Waals surface area (Å²) in [6, 6.07) is 23.8. The molecule has 152 valence electrons. The summed E-state index contributed by atoms with van der Waals surface area (Å²) in [6.07, 6.45) is 1.74. The van der Waals surface area contributed by atoms with Crippen molar-refractivity contribution in [2.24, 2.45) is 12.1 Å². The quantitative estimate of drug-likeness (QED) is 0.334. The Balaban J connectivity index is 1.46. The summed E-state index contributed by atoms with van der Waals surface area (Å²) in [5, 5.41) is 4.34.